The predicted molar refractivity (Wildman–Crippen MR) is 47.3 cm³/mol. The number of aryl methyl sites for hydroxylation is 2. The molecule has 0 atom stereocenters. The first-order valence-corrected chi connectivity index (χ1v) is 3.87. The van der Waals surface area contributed by atoms with E-state index < -0.39 is 0 Å². The topological polar surface area (TPSA) is 83.1 Å². The Hall–Kier alpha value is -1.66. The number of nitrogens with one attached hydrogen (secondary N) is 2. The Balaban J connectivity index is 2.14. The molecule has 2 heterocycles. The van der Waals surface area contributed by atoms with Gasteiger partial charge in [-0.3, -0.25) is 10.2 Å². The molecule has 1 radical (unpaired) electrons. The van der Waals surface area contributed by atoms with Crippen molar-refractivity contribution < 1.29 is 0 Å². The van der Waals surface area contributed by atoms with Gasteiger partial charge in [0.1, 0.15) is 11.6 Å². The molecule has 0 aliphatic rings. The minimum Gasteiger partial charge on any atom is -0.272 e. The smallest absolute Gasteiger partial charge is 0.272 e. The van der Waals surface area contributed by atoms with Gasteiger partial charge in [-0.2, -0.15) is 10.2 Å². The first-order valence-electron chi connectivity index (χ1n) is 3.87. The molecule has 0 spiro atoms. The number of rotatable bonds is 2. The van der Waals surface area contributed by atoms with Crippen molar-refractivity contribution in [3.8, 4) is 0 Å². The maximum Gasteiger partial charge on any atom is 0.293 e. The number of hydrogen-bond donors (Lipinski definition) is 2. The van der Waals surface area contributed by atoms with Gasteiger partial charge in [0.05, 0.1) is 11.4 Å². The van der Waals surface area contributed by atoms with Crippen molar-refractivity contribution in [2.75, 3.05) is 0 Å². The van der Waals surface area contributed by atoms with Crippen molar-refractivity contribution in [3.05, 3.63) is 11.6 Å². The van der Waals surface area contributed by atoms with E-state index in [0.29, 0.717) is 23.1 Å². The second-order valence-corrected chi connectivity index (χ2v) is 2.68. The van der Waals surface area contributed by atoms with E-state index in [2.05, 4.69) is 30.4 Å². The van der Waals surface area contributed by atoms with Gasteiger partial charge in [0.25, 0.3) is 7.28 Å². The molecular weight excluding hydrogens is 167 g/mol. The van der Waals surface area contributed by atoms with Gasteiger partial charge in [0.15, 0.2) is 0 Å². The van der Waals surface area contributed by atoms with Crippen LogP contribution in [0, 0.1) is 13.8 Å². The van der Waals surface area contributed by atoms with E-state index in [0.717, 1.165) is 0 Å². The summed E-state index contributed by atoms with van der Waals surface area (Å²) in [6.07, 6.45) is 0. The highest BCUT2D eigenvalue weighted by Gasteiger charge is 2.06. The Morgan fingerprint density at radius 3 is 1.69 bits per heavy atom. The second kappa shape index (κ2) is 3.00. The molecule has 0 aliphatic heterocycles. The van der Waals surface area contributed by atoms with Crippen LogP contribution in [-0.4, -0.2) is 37.6 Å². The fourth-order valence-electron chi connectivity index (χ4n) is 0.984. The van der Waals surface area contributed by atoms with Crippen LogP contribution in [0.4, 0.5) is 0 Å². The molecule has 0 bridgehead atoms. The molecule has 0 amide bonds. The summed E-state index contributed by atoms with van der Waals surface area (Å²) in [5.74, 6) is 1.42. The first kappa shape index (κ1) is 7.97. The molecule has 7 heteroatoms. The summed E-state index contributed by atoms with van der Waals surface area (Å²) in [5, 5.41) is 13.3. The van der Waals surface area contributed by atoms with Crippen LogP contribution in [-0.2, 0) is 0 Å². The molecule has 65 valence electrons. The molecule has 2 rings (SSSR count). The zero-order chi connectivity index (χ0) is 9.26. The van der Waals surface area contributed by atoms with Gasteiger partial charge >= 0.3 is 0 Å². The average molecular weight is 175 g/mol. The second-order valence-electron chi connectivity index (χ2n) is 2.68. The van der Waals surface area contributed by atoms with E-state index in [1.54, 1.807) is 7.28 Å². The van der Waals surface area contributed by atoms with Gasteiger partial charge in [0.2, 0.25) is 0 Å². The highest BCUT2D eigenvalue weighted by Crippen LogP contribution is 1.77. The summed E-state index contributed by atoms with van der Waals surface area (Å²) in [4.78, 5) is 8.21. The number of H-pyrrole nitrogens is 2. The minimum atomic E-state index is 0.675. The largest absolute Gasteiger partial charge is 0.293 e. The van der Waals surface area contributed by atoms with Crippen molar-refractivity contribution in [3.63, 3.8) is 0 Å². The van der Waals surface area contributed by atoms with Crippen LogP contribution in [0.1, 0.15) is 11.6 Å². The predicted octanol–water partition coefficient (Wildman–Crippen LogP) is -1.81. The van der Waals surface area contributed by atoms with Crippen LogP contribution in [0.15, 0.2) is 0 Å². The normalized spacial score (nSPS) is 10.3. The molecular formula is C6H8BN6. The van der Waals surface area contributed by atoms with Crippen molar-refractivity contribution in [1.82, 2.24) is 30.4 Å². The lowest BCUT2D eigenvalue weighted by atomic mass is 9.77. The third-order valence-electron chi connectivity index (χ3n) is 1.50. The van der Waals surface area contributed by atoms with E-state index in [1.165, 1.54) is 0 Å². The highest BCUT2D eigenvalue weighted by atomic mass is 15.2. The van der Waals surface area contributed by atoms with Gasteiger partial charge in [-0.1, -0.05) is 0 Å². The Morgan fingerprint density at radius 1 is 0.923 bits per heavy atom. The van der Waals surface area contributed by atoms with Gasteiger partial charge in [-0.05, 0) is 13.8 Å². The maximum absolute atomic E-state index is 4.11. The lowest BCUT2D eigenvalue weighted by Gasteiger charge is -1.85. The average Bonchev–Trinajstić information content (AvgIpc) is 2.62. The molecule has 2 N–H and O–H groups in total. The summed E-state index contributed by atoms with van der Waals surface area (Å²) in [5.41, 5.74) is 1.35. The fourth-order valence-corrected chi connectivity index (χ4v) is 0.984. The van der Waals surface area contributed by atoms with Crippen molar-refractivity contribution in [2.24, 2.45) is 0 Å². The molecule has 0 unspecified atom stereocenters. The molecule has 2 aromatic heterocycles. The van der Waals surface area contributed by atoms with Crippen LogP contribution in [0.5, 0.6) is 0 Å². The van der Waals surface area contributed by atoms with Gasteiger partial charge in [-0.15, -0.1) is 0 Å². The molecule has 6 nitrogen and oxygen atoms in total. The summed E-state index contributed by atoms with van der Waals surface area (Å²) in [7, 11) is 1.75. The zero-order valence-electron chi connectivity index (χ0n) is 7.37. The van der Waals surface area contributed by atoms with Crippen LogP contribution in [0.25, 0.3) is 0 Å². The van der Waals surface area contributed by atoms with E-state index in [9.17, 15) is 0 Å². The molecule has 0 fully saturated rings. The van der Waals surface area contributed by atoms with Crippen LogP contribution < -0.4 is 11.4 Å². The quantitative estimate of drug-likeness (QED) is 0.527. The van der Waals surface area contributed by atoms with Gasteiger partial charge in [0, 0.05) is 0 Å². The molecule has 0 aliphatic carbocycles. The number of hydrogen-bond acceptors (Lipinski definition) is 4. The third-order valence-corrected chi connectivity index (χ3v) is 1.50. The van der Waals surface area contributed by atoms with Gasteiger partial charge < -0.3 is 0 Å². The van der Waals surface area contributed by atoms with E-state index in [-0.39, 0.29) is 0 Å². The lowest BCUT2D eigenvalue weighted by Crippen LogP contribution is -2.33. The number of aromatic nitrogens is 6. The monoisotopic (exact) mass is 175 g/mol. The Kier molecular flexibility index (Phi) is 1.84. The van der Waals surface area contributed by atoms with Gasteiger partial charge in [-0.25, -0.2) is 9.97 Å². The third kappa shape index (κ3) is 1.74. The number of nitrogens with zero attached hydrogens (tertiary/aromatic N) is 4. The highest BCUT2D eigenvalue weighted by molar-refractivity contribution is 6.63. The van der Waals surface area contributed by atoms with E-state index in [1.807, 2.05) is 13.8 Å². The minimum absolute atomic E-state index is 0.675. The van der Waals surface area contributed by atoms with Crippen LogP contribution in [0.3, 0.4) is 0 Å². The SMILES string of the molecule is Cc1n[nH]c([B]c2nc(C)n[nH]2)n1. The summed E-state index contributed by atoms with van der Waals surface area (Å²) < 4.78 is 0. The molecule has 0 saturated carbocycles. The van der Waals surface area contributed by atoms with Crippen LogP contribution >= 0.6 is 0 Å². The van der Waals surface area contributed by atoms with E-state index >= 15 is 0 Å². The van der Waals surface area contributed by atoms with Crippen molar-refractivity contribution >= 4 is 18.7 Å². The lowest BCUT2D eigenvalue weighted by molar-refractivity contribution is 1.04. The molecule has 13 heavy (non-hydrogen) atoms. The maximum atomic E-state index is 4.11. The standard InChI is InChI=1S/C6H8BN6/c1-3-8-5(12-10-3)7-6-9-4(2)11-13-6/h1-2H3,(H,8,10,12)(H,9,11,13). The Morgan fingerprint density at radius 2 is 1.38 bits per heavy atom. The zero-order valence-corrected chi connectivity index (χ0v) is 7.37. The van der Waals surface area contributed by atoms with Crippen molar-refractivity contribution in [1.29, 1.82) is 0 Å². The molecule has 0 saturated heterocycles. The number of aromatic amines is 2. The Bertz CT molecular complexity index is 366. The van der Waals surface area contributed by atoms with Crippen LogP contribution in [0.2, 0.25) is 0 Å². The summed E-state index contributed by atoms with van der Waals surface area (Å²) >= 11 is 0. The molecule has 2 aromatic rings. The molecule has 0 aromatic carbocycles. The Labute approximate surface area is 75.4 Å². The fraction of sp³-hybridized carbons (Fsp3) is 0.333. The van der Waals surface area contributed by atoms with E-state index in [4.69, 9.17) is 0 Å². The first-order chi connectivity index (χ1) is 6.24. The summed E-state index contributed by atoms with van der Waals surface area (Å²) in [6.45, 7) is 3.64. The van der Waals surface area contributed by atoms with Crippen molar-refractivity contribution in [2.45, 2.75) is 13.8 Å². The summed E-state index contributed by atoms with van der Waals surface area (Å²) in [6, 6.07) is 0.